The third kappa shape index (κ3) is 4.41. The standard InChI is InChI=1S/C17H24F2N2O2/c1-16(2,8-9-22)10-20-15(23)21-11-17(6-7-17)14-12(18)4-3-5-13(14)19/h3-5,22H,6-11H2,1-2H3,(H2,20,21,23). The maximum absolute atomic E-state index is 13.9. The van der Waals surface area contributed by atoms with E-state index in [0.717, 1.165) is 0 Å². The molecule has 4 nitrogen and oxygen atoms in total. The summed E-state index contributed by atoms with van der Waals surface area (Å²) >= 11 is 0. The zero-order chi connectivity index (χ0) is 17.1. The van der Waals surface area contributed by atoms with Gasteiger partial charge in [0.2, 0.25) is 0 Å². The molecule has 1 aromatic rings. The topological polar surface area (TPSA) is 61.4 Å². The van der Waals surface area contributed by atoms with Gasteiger partial charge in [0.15, 0.2) is 0 Å². The normalized spacial score (nSPS) is 16.0. The zero-order valence-electron chi connectivity index (χ0n) is 13.6. The molecule has 0 unspecified atom stereocenters. The van der Waals surface area contributed by atoms with Crippen LogP contribution in [0.25, 0.3) is 0 Å². The van der Waals surface area contributed by atoms with Crippen molar-refractivity contribution < 1.29 is 18.7 Å². The van der Waals surface area contributed by atoms with Gasteiger partial charge in [0.25, 0.3) is 0 Å². The average molecular weight is 326 g/mol. The van der Waals surface area contributed by atoms with Crippen molar-refractivity contribution in [1.29, 1.82) is 0 Å². The maximum Gasteiger partial charge on any atom is 0.314 e. The number of hydrogen-bond acceptors (Lipinski definition) is 2. The van der Waals surface area contributed by atoms with Gasteiger partial charge in [-0.2, -0.15) is 0 Å². The summed E-state index contributed by atoms with van der Waals surface area (Å²) in [6.45, 7) is 4.57. The molecular formula is C17H24F2N2O2. The molecule has 0 saturated heterocycles. The lowest BCUT2D eigenvalue weighted by molar-refractivity contribution is 0.201. The van der Waals surface area contributed by atoms with Crippen molar-refractivity contribution in [2.24, 2.45) is 5.41 Å². The van der Waals surface area contributed by atoms with E-state index in [0.29, 0.717) is 25.8 Å². The number of nitrogens with one attached hydrogen (secondary N) is 2. The third-order valence-corrected chi connectivity index (χ3v) is 4.45. The monoisotopic (exact) mass is 326 g/mol. The number of hydrogen-bond donors (Lipinski definition) is 3. The summed E-state index contributed by atoms with van der Waals surface area (Å²) in [7, 11) is 0. The molecule has 6 heteroatoms. The second-order valence-electron chi connectivity index (χ2n) is 7.05. The van der Waals surface area contributed by atoms with Crippen LogP contribution in [0.4, 0.5) is 13.6 Å². The summed E-state index contributed by atoms with van der Waals surface area (Å²) in [5, 5.41) is 14.4. The van der Waals surface area contributed by atoms with Crippen LogP contribution < -0.4 is 10.6 Å². The maximum atomic E-state index is 13.9. The van der Waals surface area contributed by atoms with Crippen LogP contribution in [0, 0.1) is 17.0 Å². The number of carbonyl (C=O) groups excluding carboxylic acids is 1. The molecule has 0 heterocycles. The van der Waals surface area contributed by atoms with Gasteiger partial charge in [-0.25, -0.2) is 13.6 Å². The number of halogens is 2. The number of benzene rings is 1. The van der Waals surface area contributed by atoms with Gasteiger partial charge in [-0.15, -0.1) is 0 Å². The number of carbonyl (C=O) groups is 1. The quantitative estimate of drug-likeness (QED) is 0.721. The van der Waals surface area contributed by atoms with E-state index in [9.17, 15) is 13.6 Å². The number of aliphatic hydroxyl groups is 1. The van der Waals surface area contributed by atoms with Crippen LogP contribution in [0.15, 0.2) is 18.2 Å². The fourth-order valence-corrected chi connectivity index (χ4v) is 2.69. The predicted octanol–water partition coefficient (Wildman–Crippen LogP) is 2.70. The van der Waals surface area contributed by atoms with Crippen LogP contribution in [-0.2, 0) is 5.41 Å². The summed E-state index contributed by atoms with van der Waals surface area (Å²) < 4.78 is 27.8. The third-order valence-electron chi connectivity index (χ3n) is 4.45. The van der Waals surface area contributed by atoms with E-state index in [-0.39, 0.29) is 30.2 Å². The minimum Gasteiger partial charge on any atom is -0.396 e. The van der Waals surface area contributed by atoms with Crippen molar-refractivity contribution in [3.63, 3.8) is 0 Å². The smallest absolute Gasteiger partial charge is 0.314 e. The summed E-state index contributed by atoms with van der Waals surface area (Å²) in [5.74, 6) is -1.12. The highest BCUT2D eigenvalue weighted by Gasteiger charge is 2.48. The highest BCUT2D eigenvalue weighted by atomic mass is 19.1. The molecule has 1 aliphatic carbocycles. The van der Waals surface area contributed by atoms with E-state index >= 15 is 0 Å². The Morgan fingerprint density at radius 1 is 1.26 bits per heavy atom. The molecule has 1 aromatic carbocycles. The Balaban J connectivity index is 1.90. The van der Waals surface area contributed by atoms with E-state index in [1.807, 2.05) is 13.8 Å². The van der Waals surface area contributed by atoms with Crippen molar-refractivity contribution in [2.75, 3.05) is 19.7 Å². The first-order valence-corrected chi connectivity index (χ1v) is 7.87. The average Bonchev–Trinajstić information content (AvgIpc) is 3.24. The van der Waals surface area contributed by atoms with Gasteiger partial charge in [0.1, 0.15) is 11.6 Å². The van der Waals surface area contributed by atoms with Crippen LogP contribution in [0.3, 0.4) is 0 Å². The van der Waals surface area contributed by atoms with E-state index in [1.54, 1.807) is 0 Å². The van der Waals surface area contributed by atoms with E-state index in [1.165, 1.54) is 18.2 Å². The Morgan fingerprint density at radius 3 is 2.39 bits per heavy atom. The highest BCUT2D eigenvalue weighted by Crippen LogP contribution is 2.49. The molecule has 0 spiro atoms. The van der Waals surface area contributed by atoms with Gasteiger partial charge in [0, 0.05) is 30.7 Å². The lowest BCUT2D eigenvalue weighted by Gasteiger charge is -2.24. The van der Waals surface area contributed by atoms with Gasteiger partial charge in [0.05, 0.1) is 0 Å². The van der Waals surface area contributed by atoms with Gasteiger partial charge in [-0.3, -0.25) is 0 Å². The Kier molecular flexibility index (Phi) is 5.24. The Labute approximate surface area is 135 Å². The van der Waals surface area contributed by atoms with Crippen LogP contribution >= 0.6 is 0 Å². The summed E-state index contributed by atoms with van der Waals surface area (Å²) in [4.78, 5) is 11.9. The molecule has 0 atom stereocenters. The van der Waals surface area contributed by atoms with E-state index in [4.69, 9.17) is 5.11 Å². The lowest BCUT2D eigenvalue weighted by Crippen LogP contribution is -2.43. The molecular weight excluding hydrogens is 302 g/mol. The van der Waals surface area contributed by atoms with Gasteiger partial charge in [-0.1, -0.05) is 19.9 Å². The van der Waals surface area contributed by atoms with Gasteiger partial charge in [-0.05, 0) is 36.8 Å². The molecule has 2 rings (SSSR count). The second kappa shape index (κ2) is 6.83. The lowest BCUT2D eigenvalue weighted by atomic mass is 9.90. The van der Waals surface area contributed by atoms with Crippen LogP contribution in [0.1, 0.15) is 38.7 Å². The second-order valence-corrected chi connectivity index (χ2v) is 7.05. The SMILES string of the molecule is CC(C)(CCO)CNC(=O)NCC1(c2c(F)cccc2F)CC1. The van der Waals surface area contributed by atoms with Crippen molar-refractivity contribution in [1.82, 2.24) is 10.6 Å². The Bertz CT molecular complexity index is 551. The zero-order valence-corrected chi connectivity index (χ0v) is 13.6. The fourth-order valence-electron chi connectivity index (χ4n) is 2.69. The van der Waals surface area contributed by atoms with Crippen molar-refractivity contribution in [3.8, 4) is 0 Å². The first-order valence-electron chi connectivity index (χ1n) is 7.87. The number of aliphatic hydroxyl groups excluding tert-OH is 1. The number of urea groups is 1. The summed E-state index contributed by atoms with van der Waals surface area (Å²) in [5.41, 5.74) is -0.769. The summed E-state index contributed by atoms with van der Waals surface area (Å²) in [6, 6.07) is 3.47. The van der Waals surface area contributed by atoms with Crippen LogP contribution in [0.5, 0.6) is 0 Å². The first kappa shape index (κ1) is 17.7. The number of amides is 2. The minimum absolute atomic E-state index is 0.0615. The molecule has 0 bridgehead atoms. The molecule has 23 heavy (non-hydrogen) atoms. The summed E-state index contributed by atoms with van der Waals surface area (Å²) in [6.07, 6.45) is 1.89. The van der Waals surface area contributed by atoms with Crippen LogP contribution in [-0.4, -0.2) is 30.8 Å². The fraction of sp³-hybridized carbons (Fsp3) is 0.588. The molecule has 0 aliphatic heterocycles. The Hall–Kier alpha value is -1.69. The first-order chi connectivity index (χ1) is 10.8. The predicted molar refractivity (Wildman–Crippen MR) is 84.2 cm³/mol. The van der Waals surface area contributed by atoms with Crippen molar-refractivity contribution in [3.05, 3.63) is 35.4 Å². The van der Waals surface area contributed by atoms with E-state index in [2.05, 4.69) is 10.6 Å². The Morgan fingerprint density at radius 2 is 1.87 bits per heavy atom. The van der Waals surface area contributed by atoms with Crippen LogP contribution in [0.2, 0.25) is 0 Å². The van der Waals surface area contributed by atoms with Crippen molar-refractivity contribution in [2.45, 2.75) is 38.5 Å². The minimum atomic E-state index is -0.632. The molecule has 1 fully saturated rings. The molecule has 2 amide bonds. The molecule has 0 aromatic heterocycles. The van der Waals surface area contributed by atoms with Gasteiger partial charge < -0.3 is 15.7 Å². The molecule has 1 aliphatic rings. The molecule has 1 saturated carbocycles. The van der Waals surface area contributed by atoms with Crippen molar-refractivity contribution >= 4 is 6.03 Å². The molecule has 128 valence electrons. The molecule has 3 N–H and O–H groups in total. The van der Waals surface area contributed by atoms with Gasteiger partial charge >= 0.3 is 6.03 Å². The highest BCUT2D eigenvalue weighted by molar-refractivity contribution is 5.74. The molecule has 0 radical (unpaired) electrons. The number of rotatable bonds is 7. The largest absolute Gasteiger partial charge is 0.396 e. The van der Waals surface area contributed by atoms with E-state index < -0.39 is 17.0 Å².